The van der Waals surface area contributed by atoms with Gasteiger partial charge in [0.1, 0.15) is 12.4 Å². The van der Waals surface area contributed by atoms with Gasteiger partial charge in [-0.3, -0.25) is 0 Å². The minimum absolute atomic E-state index is 1.22. The molecule has 0 radical (unpaired) electrons. The predicted molar refractivity (Wildman–Crippen MR) is 133 cm³/mol. The van der Waals surface area contributed by atoms with Crippen molar-refractivity contribution in [1.29, 1.82) is 0 Å². The van der Waals surface area contributed by atoms with Crippen molar-refractivity contribution in [3.8, 4) is 0 Å². The van der Waals surface area contributed by atoms with Gasteiger partial charge < -0.3 is 0 Å². The van der Waals surface area contributed by atoms with Crippen molar-refractivity contribution in [2.24, 2.45) is 0 Å². The number of unbranched alkanes of at least 4 members (excludes halogenated alkanes) is 16. The molecule has 1 aromatic rings. The van der Waals surface area contributed by atoms with Crippen molar-refractivity contribution in [3.05, 3.63) is 18.2 Å². The summed E-state index contributed by atoms with van der Waals surface area (Å²) >= 11 is 0. The standard InChI is InChI=1S/C28H55N2/c1-4-7-9-11-13-15-16-18-20-22-25-30-27-26-29(28(30)23-6-3)24-21-19-17-14-12-10-8-5-2/h26-27H,4-25H2,1-3H3/q+1. The molecule has 0 aromatic carbocycles. The molecule has 0 aliphatic carbocycles. The summed E-state index contributed by atoms with van der Waals surface area (Å²) in [5, 5.41) is 0. The molecule has 0 aliphatic heterocycles. The monoisotopic (exact) mass is 419 g/mol. The maximum absolute atomic E-state index is 2.55. The summed E-state index contributed by atoms with van der Waals surface area (Å²) in [5.41, 5.74) is 0. The fraction of sp³-hybridized carbons (Fsp3) is 0.893. The average Bonchev–Trinajstić information content (AvgIpc) is 3.13. The van der Waals surface area contributed by atoms with Crippen molar-refractivity contribution in [1.82, 2.24) is 4.57 Å². The van der Waals surface area contributed by atoms with E-state index in [2.05, 4.69) is 42.3 Å². The molecule has 176 valence electrons. The highest BCUT2D eigenvalue weighted by molar-refractivity contribution is 4.84. The lowest BCUT2D eigenvalue weighted by molar-refractivity contribution is -0.704. The van der Waals surface area contributed by atoms with Crippen LogP contribution in [0.5, 0.6) is 0 Å². The Labute approximate surface area is 189 Å². The van der Waals surface area contributed by atoms with E-state index in [-0.39, 0.29) is 0 Å². The molecule has 0 saturated carbocycles. The molecular weight excluding hydrogens is 364 g/mol. The molecule has 30 heavy (non-hydrogen) atoms. The van der Waals surface area contributed by atoms with E-state index in [1.54, 1.807) is 5.82 Å². The van der Waals surface area contributed by atoms with Crippen LogP contribution >= 0.6 is 0 Å². The lowest BCUT2D eigenvalue weighted by Gasteiger charge is -2.06. The number of hydrogen-bond acceptors (Lipinski definition) is 0. The lowest BCUT2D eigenvalue weighted by Crippen LogP contribution is -2.37. The van der Waals surface area contributed by atoms with Crippen LogP contribution in [0.4, 0.5) is 0 Å². The summed E-state index contributed by atoms with van der Waals surface area (Å²) < 4.78 is 5.11. The minimum atomic E-state index is 1.22. The van der Waals surface area contributed by atoms with Gasteiger partial charge >= 0.3 is 0 Å². The molecule has 1 aromatic heterocycles. The number of aromatic nitrogens is 2. The topological polar surface area (TPSA) is 8.81 Å². The fourth-order valence-corrected chi connectivity index (χ4v) is 4.60. The smallest absolute Gasteiger partial charge is 0.234 e. The van der Waals surface area contributed by atoms with Gasteiger partial charge in [0.2, 0.25) is 0 Å². The first-order chi connectivity index (χ1) is 14.8. The quantitative estimate of drug-likeness (QED) is 0.131. The number of hydrogen-bond donors (Lipinski definition) is 0. The number of imidazole rings is 1. The summed E-state index contributed by atoms with van der Waals surface area (Å²) in [6.07, 6.45) is 32.6. The first-order valence-electron chi connectivity index (χ1n) is 13.9. The van der Waals surface area contributed by atoms with Crippen molar-refractivity contribution >= 4 is 0 Å². The number of rotatable bonds is 22. The van der Waals surface area contributed by atoms with E-state index in [0.29, 0.717) is 0 Å². The Morgan fingerprint density at radius 1 is 0.567 bits per heavy atom. The van der Waals surface area contributed by atoms with Gasteiger partial charge in [-0.05, 0) is 32.1 Å². The van der Waals surface area contributed by atoms with Gasteiger partial charge in [0.25, 0.3) is 5.82 Å². The Balaban J connectivity index is 2.16. The molecule has 0 bridgehead atoms. The highest BCUT2D eigenvalue weighted by atomic mass is 15.1. The Morgan fingerprint density at radius 2 is 1.03 bits per heavy atom. The van der Waals surface area contributed by atoms with E-state index in [4.69, 9.17) is 0 Å². The van der Waals surface area contributed by atoms with Gasteiger partial charge in [0.15, 0.2) is 0 Å². The van der Waals surface area contributed by atoms with Gasteiger partial charge in [0.05, 0.1) is 13.1 Å². The first kappa shape index (κ1) is 27.2. The summed E-state index contributed by atoms with van der Waals surface area (Å²) in [4.78, 5) is 0. The SMILES string of the molecule is CCCCCCCCCCCC[n+]1ccn(CCCCCCCCCC)c1CCC. The van der Waals surface area contributed by atoms with E-state index in [1.165, 1.54) is 142 Å². The maximum atomic E-state index is 2.55. The Hall–Kier alpha value is -0.790. The van der Waals surface area contributed by atoms with E-state index in [9.17, 15) is 0 Å². The second-order valence-electron chi connectivity index (χ2n) is 9.51. The molecule has 2 nitrogen and oxygen atoms in total. The van der Waals surface area contributed by atoms with Crippen molar-refractivity contribution in [2.45, 2.75) is 162 Å². The molecule has 0 atom stereocenters. The molecule has 0 unspecified atom stereocenters. The van der Waals surface area contributed by atoms with E-state index < -0.39 is 0 Å². The van der Waals surface area contributed by atoms with Crippen LogP contribution in [0, 0.1) is 0 Å². The van der Waals surface area contributed by atoms with Crippen LogP contribution in [0.3, 0.4) is 0 Å². The fourth-order valence-electron chi connectivity index (χ4n) is 4.60. The van der Waals surface area contributed by atoms with E-state index >= 15 is 0 Å². The molecule has 0 amide bonds. The van der Waals surface area contributed by atoms with Crippen LogP contribution in [0.15, 0.2) is 12.4 Å². The molecular formula is C28H55N2+. The first-order valence-corrected chi connectivity index (χ1v) is 13.9. The zero-order valence-corrected chi connectivity index (χ0v) is 21.1. The highest BCUT2D eigenvalue weighted by Crippen LogP contribution is 2.12. The van der Waals surface area contributed by atoms with Crippen LogP contribution in [-0.2, 0) is 19.5 Å². The van der Waals surface area contributed by atoms with Crippen LogP contribution in [0.2, 0.25) is 0 Å². The third kappa shape index (κ3) is 13.5. The highest BCUT2D eigenvalue weighted by Gasteiger charge is 2.15. The largest absolute Gasteiger partial charge is 0.256 e. The molecule has 2 heteroatoms. The van der Waals surface area contributed by atoms with E-state index in [1.807, 2.05) is 0 Å². The van der Waals surface area contributed by atoms with Gasteiger partial charge in [-0.15, -0.1) is 0 Å². The number of aryl methyl sites for hydroxylation is 2. The Morgan fingerprint density at radius 3 is 1.53 bits per heavy atom. The second kappa shape index (κ2) is 20.1. The van der Waals surface area contributed by atoms with Crippen molar-refractivity contribution in [2.75, 3.05) is 0 Å². The molecule has 1 rings (SSSR count). The molecule has 0 fully saturated rings. The predicted octanol–water partition coefficient (Wildman–Crippen LogP) is 8.79. The Kier molecular flexibility index (Phi) is 18.3. The molecule has 1 heterocycles. The second-order valence-corrected chi connectivity index (χ2v) is 9.51. The molecule has 0 aliphatic rings. The molecule has 0 saturated heterocycles. The van der Waals surface area contributed by atoms with Crippen molar-refractivity contribution in [3.63, 3.8) is 0 Å². The Bertz CT molecular complexity index is 477. The number of nitrogens with zero attached hydrogens (tertiary/aromatic N) is 2. The normalized spacial score (nSPS) is 11.4. The zero-order valence-electron chi connectivity index (χ0n) is 21.1. The van der Waals surface area contributed by atoms with Gasteiger partial charge in [-0.25, -0.2) is 9.13 Å². The van der Waals surface area contributed by atoms with E-state index in [0.717, 1.165) is 0 Å². The summed E-state index contributed by atoms with van der Waals surface area (Å²) in [6, 6.07) is 0. The lowest BCUT2D eigenvalue weighted by atomic mass is 10.1. The van der Waals surface area contributed by atoms with Gasteiger partial charge in [0, 0.05) is 6.42 Å². The van der Waals surface area contributed by atoms with Crippen LogP contribution < -0.4 is 4.57 Å². The maximum Gasteiger partial charge on any atom is 0.256 e. The molecule has 0 N–H and O–H groups in total. The van der Waals surface area contributed by atoms with Crippen LogP contribution in [0.1, 0.15) is 149 Å². The van der Waals surface area contributed by atoms with Crippen LogP contribution in [-0.4, -0.2) is 4.57 Å². The summed E-state index contributed by atoms with van der Waals surface area (Å²) in [5.74, 6) is 1.57. The summed E-state index contributed by atoms with van der Waals surface area (Å²) in [6.45, 7) is 9.35. The van der Waals surface area contributed by atoms with Crippen LogP contribution in [0.25, 0.3) is 0 Å². The molecule has 0 spiro atoms. The van der Waals surface area contributed by atoms with Gasteiger partial charge in [-0.1, -0.05) is 111 Å². The summed E-state index contributed by atoms with van der Waals surface area (Å²) in [7, 11) is 0. The van der Waals surface area contributed by atoms with Crippen molar-refractivity contribution < 1.29 is 4.57 Å². The average molecular weight is 420 g/mol. The van der Waals surface area contributed by atoms with Gasteiger partial charge in [-0.2, -0.15) is 0 Å². The minimum Gasteiger partial charge on any atom is -0.234 e. The zero-order chi connectivity index (χ0) is 21.7. The third-order valence-corrected chi connectivity index (χ3v) is 6.57. The third-order valence-electron chi connectivity index (χ3n) is 6.57.